The zero-order valence-electron chi connectivity index (χ0n) is 11.9. The number of fused-ring (bicyclic) bond motifs is 1. The number of nitrogens with one attached hydrogen (secondary N) is 1. The highest BCUT2D eigenvalue weighted by Crippen LogP contribution is 2.33. The molecule has 1 amide bonds. The van der Waals surface area contributed by atoms with E-state index in [-0.39, 0.29) is 17.9 Å². The molecule has 0 spiro atoms. The molecule has 2 unspecified atom stereocenters. The zero-order chi connectivity index (χ0) is 14.8. The fourth-order valence-corrected chi connectivity index (χ4v) is 2.47. The Morgan fingerprint density at radius 1 is 1.24 bits per heavy atom. The van der Waals surface area contributed by atoms with Crippen molar-refractivity contribution in [1.82, 2.24) is 0 Å². The average molecular weight is 282 g/mol. The monoisotopic (exact) mass is 282 g/mol. The van der Waals surface area contributed by atoms with Crippen molar-refractivity contribution in [3.05, 3.63) is 59.7 Å². The third-order valence-electron chi connectivity index (χ3n) is 3.79. The number of ether oxygens (including phenoxy) is 1. The van der Waals surface area contributed by atoms with Crippen LogP contribution in [0.25, 0.3) is 0 Å². The number of carbonyl (C=O) groups excluding carboxylic acids is 1. The van der Waals surface area contributed by atoms with Gasteiger partial charge in [0.25, 0.3) is 0 Å². The van der Waals surface area contributed by atoms with Crippen LogP contribution in [0.3, 0.4) is 0 Å². The standard InChI is InChI=1S/C17H18N2O2/c1-11-14-9-12(7-8-16(14)19-17(11)20)15(18)10-21-13-5-3-2-4-6-13/h2-9,11,15H,10,18H2,1H3,(H,19,20). The Morgan fingerprint density at radius 2 is 2.00 bits per heavy atom. The van der Waals surface area contributed by atoms with Gasteiger partial charge in [-0.1, -0.05) is 30.3 Å². The van der Waals surface area contributed by atoms with Gasteiger partial charge in [0.2, 0.25) is 5.91 Å². The molecule has 0 aliphatic carbocycles. The first-order chi connectivity index (χ1) is 10.1. The van der Waals surface area contributed by atoms with Gasteiger partial charge in [-0.25, -0.2) is 0 Å². The predicted octanol–water partition coefficient (Wildman–Crippen LogP) is 2.82. The highest BCUT2D eigenvalue weighted by atomic mass is 16.5. The summed E-state index contributed by atoms with van der Waals surface area (Å²) in [4.78, 5) is 11.7. The average Bonchev–Trinajstić information content (AvgIpc) is 2.80. The van der Waals surface area contributed by atoms with Gasteiger partial charge in [0, 0.05) is 5.69 Å². The molecule has 0 saturated heterocycles. The van der Waals surface area contributed by atoms with Crippen molar-refractivity contribution in [3.8, 4) is 5.75 Å². The van der Waals surface area contributed by atoms with Crippen molar-refractivity contribution in [2.24, 2.45) is 5.73 Å². The molecule has 2 aromatic carbocycles. The van der Waals surface area contributed by atoms with Crippen molar-refractivity contribution in [2.75, 3.05) is 11.9 Å². The molecule has 21 heavy (non-hydrogen) atoms. The third kappa shape index (κ3) is 2.76. The predicted molar refractivity (Wildman–Crippen MR) is 82.4 cm³/mol. The number of rotatable bonds is 4. The second kappa shape index (κ2) is 5.58. The van der Waals surface area contributed by atoms with Gasteiger partial charge >= 0.3 is 0 Å². The molecule has 1 aliphatic rings. The number of hydrogen-bond acceptors (Lipinski definition) is 3. The van der Waals surface area contributed by atoms with Crippen LogP contribution in [0, 0.1) is 0 Å². The maximum absolute atomic E-state index is 11.7. The largest absolute Gasteiger partial charge is 0.492 e. The molecule has 3 rings (SSSR count). The van der Waals surface area contributed by atoms with Crippen molar-refractivity contribution < 1.29 is 9.53 Å². The third-order valence-corrected chi connectivity index (χ3v) is 3.79. The van der Waals surface area contributed by atoms with E-state index in [0.29, 0.717) is 6.61 Å². The summed E-state index contributed by atoms with van der Waals surface area (Å²) in [5.41, 5.74) is 9.06. The fourth-order valence-electron chi connectivity index (χ4n) is 2.47. The van der Waals surface area contributed by atoms with Gasteiger partial charge < -0.3 is 15.8 Å². The minimum atomic E-state index is -0.224. The smallest absolute Gasteiger partial charge is 0.231 e. The van der Waals surface area contributed by atoms with Crippen LogP contribution in [0.5, 0.6) is 5.75 Å². The minimum absolute atomic E-state index is 0.0382. The van der Waals surface area contributed by atoms with Crippen LogP contribution in [0.2, 0.25) is 0 Å². The van der Waals surface area contributed by atoms with Crippen LogP contribution < -0.4 is 15.8 Å². The van der Waals surface area contributed by atoms with Gasteiger partial charge in [-0.2, -0.15) is 0 Å². The lowest BCUT2D eigenvalue weighted by Crippen LogP contribution is -2.19. The Balaban J connectivity index is 1.71. The highest BCUT2D eigenvalue weighted by Gasteiger charge is 2.27. The van der Waals surface area contributed by atoms with Gasteiger partial charge in [-0.15, -0.1) is 0 Å². The summed E-state index contributed by atoms with van der Waals surface area (Å²) in [6.07, 6.45) is 0. The van der Waals surface area contributed by atoms with Crippen molar-refractivity contribution in [2.45, 2.75) is 18.9 Å². The first-order valence-electron chi connectivity index (χ1n) is 7.03. The zero-order valence-corrected chi connectivity index (χ0v) is 11.9. The molecule has 4 heteroatoms. The van der Waals surface area contributed by atoms with E-state index in [4.69, 9.17) is 10.5 Å². The molecule has 3 N–H and O–H groups in total. The molecule has 4 nitrogen and oxygen atoms in total. The molecule has 2 aromatic rings. The van der Waals surface area contributed by atoms with Gasteiger partial charge in [0.05, 0.1) is 12.0 Å². The lowest BCUT2D eigenvalue weighted by molar-refractivity contribution is -0.116. The van der Waals surface area contributed by atoms with E-state index in [0.717, 1.165) is 22.6 Å². The summed E-state index contributed by atoms with van der Waals surface area (Å²) in [6.45, 7) is 2.30. The van der Waals surface area contributed by atoms with Crippen LogP contribution >= 0.6 is 0 Å². The molecule has 0 saturated carbocycles. The summed E-state index contributed by atoms with van der Waals surface area (Å²) in [6, 6.07) is 15.2. The van der Waals surface area contributed by atoms with E-state index in [1.807, 2.05) is 55.5 Å². The number of para-hydroxylation sites is 1. The van der Waals surface area contributed by atoms with Crippen LogP contribution in [0.4, 0.5) is 5.69 Å². The molecule has 0 radical (unpaired) electrons. The molecule has 0 aromatic heterocycles. The first kappa shape index (κ1) is 13.6. The van der Waals surface area contributed by atoms with Gasteiger partial charge in [0.1, 0.15) is 12.4 Å². The SMILES string of the molecule is CC1C(=O)Nc2ccc(C(N)COc3ccccc3)cc21. The number of benzene rings is 2. The Labute approximate surface area is 123 Å². The van der Waals surface area contributed by atoms with E-state index in [1.165, 1.54) is 0 Å². The molecule has 2 atom stereocenters. The molecule has 0 bridgehead atoms. The lowest BCUT2D eigenvalue weighted by atomic mass is 9.98. The van der Waals surface area contributed by atoms with Crippen LogP contribution in [0.15, 0.2) is 48.5 Å². The van der Waals surface area contributed by atoms with Crippen molar-refractivity contribution >= 4 is 11.6 Å². The van der Waals surface area contributed by atoms with Crippen molar-refractivity contribution in [3.63, 3.8) is 0 Å². The Kier molecular flexibility index (Phi) is 3.62. The number of hydrogen-bond donors (Lipinski definition) is 2. The van der Waals surface area contributed by atoms with E-state index in [1.54, 1.807) is 0 Å². The van der Waals surface area contributed by atoms with Crippen LogP contribution in [-0.2, 0) is 4.79 Å². The molecular formula is C17H18N2O2. The normalized spacial score (nSPS) is 18.0. The van der Waals surface area contributed by atoms with E-state index >= 15 is 0 Å². The second-order valence-electron chi connectivity index (χ2n) is 5.29. The summed E-state index contributed by atoms with van der Waals surface area (Å²) >= 11 is 0. The van der Waals surface area contributed by atoms with Crippen LogP contribution in [0.1, 0.15) is 30.0 Å². The Hall–Kier alpha value is -2.33. The number of amides is 1. The highest BCUT2D eigenvalue weighted by molar-refractivity contribution is 6.02. The van der Waals surface area contributed by atoms with E-state index < -0.39 is 0 Å². The van der Waals surface area contributed by atoms with Crippen molar-refractivity contribution in [1.29, 1.82) is 0 Å². The second-order valence-corrected chi connectivity index (χ2v) is 5.29. The maximum Gasteiger partial charge on any atom is 0.231 e. The Bertz CT molecular complexity index is 655. The van der Waals surface area contributed by atoms with Crippen LogP contribution in [-0.4, -0.2) is 12.5 Å². The first-order valence-corrected chi connectivity index (χ1v) is 7.03. The number of carbonyl (C=O) groups is 1. The lowest BCUT2D eigenvalue weighted by Gasteiger charge is -2.15. The minimum Gasteiger partial charge on any atom is -0.492 e. The summed E-state index contributed by atoms with van der Waals surface area (Å²) < 4.78 is 5.68. The molecule has 108 valence electrons. The quantitative estimate of drug-likeness (QED) is 0.906. The summed E-state index contributed by atoms with van der Waals surface area (Å²) in [5.74, 6) is 0.720. The summed E-state index contributed by atoms with van der Waals surface area (Å²) in [5, 5.41) is 2.86. The molecule has 0 fully saturated rings. The topological polar surface area (TPSA) is 64.4 Å². The molecule has 1 aliphatic heterocycles. The maximum atomic E-state index is 11.7. The van der Waals surface area contributed by atoms with E-state index in [2.05, 4.69) is 5.32 Å². The van der Waals surface area contributed by atoms with Gasteiger partial charge in [-0.05, 0) is 36.2 Å². The fraction of sp³-hybridized carbons (Fsp3) is 0.235. The summed E-state index contributed by atoms with van der Waals surface area (Å²) in [7, 11) is 0. The molecular weight excluding hydrogens is 264 g/mol. The van der Waals surface area contributed by atoms with E-state index in [9.17, 15) is 4.79 Å². The molecule has 1 heterocycles. The van der Waals surface area contributed by atoms with Gasteiger partial charge in [0.15, 0.2) is 0 Å². The Morgan fingerprint density at radius 3 is 2.76 bits per heavy atom. The van der Waals surface area contributed by atoms with Gasteiger partial charge in [-0.3, -0.25) is 4.79 Å². The number of anilines is 1. The number of nitrogens with two attached hydrogens (primary N) is 1.